The first-order valence-electron chi connectivity index (χ1n) is 5.48. The number of ether oxygens (including phenoxy) is 3. The monoisotopic (exact) mass is 238 g/mol. The molecule has 0 heterocycles. The maximum Gasteiger partial charge on any atom is 0.283 e. The van der Waals surface area contributed by atoms with Gasteiger partial charge in [-0.25, -0.2) is 0 Å². The Hall–Kier alpha value is -0.240. The van der Waals surface area contributed by atoms with Crippen molar-refractivity contribution >= 4 is 0 Å². The Balaban J connectivity index is 4.46. The van der Waals surface area contributed by atoms with Gasteiger partial charge in [0, 0.05) is 32.7 Å². The van der Waals surface area contributed by atoms with Crippen LogP contribution in [0.2, 0.25) is 0 Å². The van der Waals surface area contributed by atoms with Gasteiger partial charge in [0.25, 0.3) is 11.9 Å². The van der Waals surface area contributed by atoms with Crippen LogP contribution in [0, 0.1) is 0 Å². The van der Waals surface area contributed by atoms with Gasteiger partial charge in [0.2, 0.25) is 0 Å². The molecule has 6 nitrogen and oxygen atoms in total. The second-order valence-corrected chi connectivity index (χ2v) is 3.26. The predicted octanol–water partition coefficient (Wildman–Crippen LogP) is 0.161. The lowest BCUT2D eigenvalue weighted by Crippen LogP contribution is -2.42. The highest BCUT2D eigenvalue weighted by molar-refractivity contribution is 4.61. The molecule has 0 rings (SSSR count). The summed E-state index contributed by atoms with van der Waals surface area (Å²) in [6.07, 6.45) is -0.307. The summed E-state index contributed by atoms with van der Waals surface area (Å²) in [6, 6.07) is 0. The fourth-order valence-corrected chi connectivity index (χ4v) is 1.32. The molecule has 0 aromatic rings. The Bertz CT molecular complexity index is 160. The zero-order valence-corrected chi connectivity index (χ0v) is 10.1. The Morgan fingerprint density at radius 3 is 1.38 bits per heavy atom. The van der Waals surface area contributed by atoms with Gasteiger partial charge in [0.15, 0.2) is 0 Å². The van der Waals surface area contributed by atoms with Gasteiger partial charge >= 0.3 is 0 Å². The van der Waals surface area contributed by atoms with E-state index in [2.05, 4.69) is 0 Å². The van der Waals surface area contributed by atoms with Crippen molar-refractivity contribution in [1.82, 2.24) is 0 Å². The van der Waals surface area contributed by atoms with Crippen molar-refractivity contribution in [2.24, 2.45) is 0 Å². The highest BCUT2D eigenvalue weighted by atomic mass is 16.9. The quantitative estimate of drug-likeness (QED) is 0.496. The Morgan fingerprint density at radius 1 is 0.750 bits per heavy atom. The van der Waals surface area contributed by atoms with E-state index < -0.39 is 11.9 Å². The minimum Gasteiger partial charge on any atom is -0.344 e. The molecule has 0 unspecified atom stereocenters. The molecule has 0 atom stereocenters. The van der Waals surface area contributed by atoms with Crippen molar-refractivity contribution in [3.63, 3.8) is 0 Å². The molecular formula is C10H22O6. The van der Waals surface area contributed by atoms with Crippen LogP contribution in [0.25, 0.3) is 0 Å². The highest BCUT2D eigenvalue weighted by Gasteiger charge is 2.35. The molecule has 16 heavy (non-hydrogen) atoms. The summed E-state index contributed by atoms with van der Waals surface area (Å²) >= 11 is 0. The van der Waals surface area contributed by atoms with E-state index in [1.165, 1.54) is 0 Å². The summed E-state index contributed by atoms with van der Waals surface area (Å²) in [7, 11) is 0. The van der Waals surface area contributed by atoms with Crippen LogP contribution in [0.15, 0.2) is 0 Å². The molecule has 0 bridgehead atoms. The van der Waals surface area contributed by atoms with Crippen molar-refractivity contribution in [2.75, 3.05) is 19.8 Å². The van der Waals surface area contributed by atoms with Gasteiger partial charge in [-0.05, 0) is 20.8 Å². The fourth-order valence-electron chi connectivity index (χ4n) is 1.32. The standard InChI is InChI=1S/C10H22O6/c1-4-14-10(15-5-2,16-6-3)8-7-9(11,12)13/h11-13H,4-8H2,1-3H3. The molecule has 0 aromatic carbocycles. The van der Waals surface area contributed by atoms with Crippen molar-refractivity contribution < 1.29 is 29.5 Å². The molecule has 0 radical (unpaired) electrons. The molecule has 6 heteroatoms. The number of hydrogen-bond acceptors (Lipinski definition) is 6. The van der Waals surface area contributed by atoms with Gasteiger partial charge in [-0.2, -0.15) is 0 Å². The predicted molar refractivity (Wildman–Crippen MR) is 56.2 cm³/mol. The Kier molecular flexibility index (Phi) is 7.05. The molecule has 0 saturated carbocycles. The summed E-state index contributed by atoms with van der Waals surface area (Å²) in [5.74, 6) is -4.06. The number of aliphatic hydroxyl groups is 3. The second kappa shape index (κ2) is 7.16. The van der Waals surface area contributed by atoms with Gasteiger partial charge in [-0.1, -0.05) is 0 Å². The third kappa shape index (κ3) is 6.37. The zero-order chi connectivity index (χ0) is 12.7. The smallest absolute Gasteiger partial charge is 0.283 e. The van der Waals surface area contributed by atoms with Crippen molar-refractivity contribution in [3.8, 4) is 0 Å². The molecule has 0 saturated heterocycles. The van der Waals surface area contributed by atoms with Crippen molar-refractivity contribution in [1.29, 1.82) is 0 Å². The molecule has 0 fully saturated rings. The van der Waals surface area contributed by atoms with E-state index in [0.29, 0.717) is 19.8 Å². The van der Waals surface area contributed by atoms with Crippen molar-refractivity contribution in [3.05, 3.63) is 0 Å². The van der Waals surface area contributed by atoms with Crippen LogP contribution in [-0.4, -0.2) is 47.1 Å². The van der Waals surface area contributed by atoms with E-state index in [4.69, 9.17) is 29.5 Å². The fraction of sp³-hybridized carbons (Fsp3) is 1.00. The first-order chi connectivity index (χ1) is 7.39. The minimum atomic E-state index is -2.74. The van der Waals surface area contributed by atoms with E-state index in [1.807, 2.05) is 0 Å². The van der Waals surface area contributed by atoms with Crippen molar-refractivity contribution in [2.45, 2.75) is 45.6 Å². The van der Waals surface area contributed by atoms with Crippen LogP contribution < -0.4 is 0 Å². The summed E-state index contributed by atoms with van der Waals surface area (Å²) < 4.78 is 16.0. The van der Waals surface area contributed by atoms with E-state index in [9.17, 15) is 0 Å². The van der Waals surface area contributed by atoms with E-state index in [1.54, 1.807) is 20.8 Å². The SMILES string of the molecule is CCOC(CCC(O)(O)O)(OCC)OCC. The van der Waals surface area contributed by atoms with Crippen LogP contribution in [0.3, 0.4) is 0 Å². The van der Waals surface area contributed by atoms with Crippen LogP contribution in [-0.2, 0) is 14.2 Å². The molecular weight excluding hydrogens is 216 g/mol. The summed E-state index contributed by atoms with van der Waals surface area (Å²) in [6.45, 7) is 6.39. The first kappa shape index (κ1) is 15.8. The maximum absolute atomic E-state index is 8.83. The largest absolute Gasteiger partial charge is 0.344 e. The molecule has 0 aromatic heterocycles. The molecule has 98 valence electrons. The second-order valence-electron chi connectivity index (χ2n) is 3.26. The average Bonchev–Trinajstić information content (AvgIpc) is 2.15. The normalized spacial score (nSPS) is 13.1. The number of rotatable bonds is 9. The third-order valence-corrected chi connectivity index (χ3v) is 1.86. The molecule has 0 amide bonds. The highest BCUT2D eigenvalue weighted by Crippen LogP contribution is 2.24. The minimum absolute atomic E-state index is 0.0199. The lowest BCUT2D eigenvalue weighted by Gasteiger charge is -2.33. The van der Waals surface area contributed by atoms with E-state index in [0.717, 1.165) is 0 Å². The summed E-state index contributed by atoms with van der Waals surface area (Å²) in [5.41, 5.74) is 0. The molecule has 0 aliphatic heterocycles. The van der Waals surface area contributed by atoms with E-state index >= 15 is 0 Å². The molecule has 3 N–H and O–H groups in total. The van der Waals surface area contributed by atoms with Gasteiger partial charge in [0.1, 0.15) is 0 Å². The lowest BCUT2D eigenvalue weighted by molar-refractivity contribution is -0.395. The van der Waals surface area contributed by atoms with Crippen LogP contribution in [0.5, 0.6) is 0 Å². The Labute approximate surface area is 95.7 Å². The summed E-state index contributed by atoms with van der Waals surface area (Å²) in [5, 5.41) is 26.5. The molecule has 0 aliphatic carbocycles. The van der Waals surface area contributed by atoms with Crippen LogP contribution in [0.1, 0.15) is 33.6 Å². The maximum atomic E-state index is 8.83. The van der Waals surface area contributed by atoms with Gasteiger partial charge < -0.3 is 29.5 Å². The van der Waals surface area contributed by atoms with E-state index in [-0.39, 0.29) is 12.8 Å². The topological polar surface area (TPSA) is 88.4 Å². The third-order valence-electron chi connectivity index (χ3n) is 1.86. The van der Waals surface area contributed by atoms with Crippen LogP contribution in [0.4, 0.5) is 0 Å². The average molecular weight is 238 g/mol. The van der Waals surface area contributed by atoms with Gasteiger partial charge in [0.05, 0.1) is 0 Å². The molecule has 0 aliphatic rings. The number of hydrogen-bond donors (Lipinski definition) is 3. The van der Waals surface area contributed by atoms with Gasteiger partial charge in [-0.15, -0.1) is 0 Å². The van der Waals surface area contributed by atoms with Crippen LogP contribution >= 0.6 is 0 Å². The first-order valence-corrected chi connectivity index (χ1v) is 5.48. The zero-order valence-electron chi connectivity index (χ0n) is 10.1. The lowest BCUT2D eigenvalue weighted by atomic mass is 10.2. The summed E-state index contributed by atoms with van der Waals surface area (Å²) in [4.78, 5) is 0. The Morgan fingerprint density at radius 2 is 1.12 bits per heavy atom. The van der Waals surface area contributed by atoms with Gasteiger partial charge in [-0.3, -0.25) is 0 Å². The molecule has 0 spiro atoms.